The molecule has 0 radical (unpaired) electrons. The van der Waals surface area contributed by atoms with Crippen molar-refractivity contribution in [3.05, 3.63) is 0 Å². The Morgan fingerprint density at radius 1 is 0.696 bits per heavy atom. The molecule has 0 unspecified atom stereocenters. The molecule has 0 saturated heterocycles. The number of carbonyl (C=O) groups is 1. The van der Waals surface area contributed by atoms with Gasteiger partial charge in [0.2, 0.25) is 0 Å². The largest absolute Gasteiger partial charge is 3.00 e. The van der Waals surface area contributed by atoms with E-state index in [1.54, 1.807) is 0 Å². The molecule has 0 saturated carbocycles. The van der Waals surface area contributed by atoms with Gasteiger partial charge in [0.15, 0.2) is 0 Å². The minimum absolute atomic E-state index is 0. The van der Waals surface area contributed by atoms with E-state index in [0.717, 1.165) is 12.8 Å². The zero-order chi connectivity index (χ0) is 15.6. The van der Waals surface area contributed by atoms with Gasteiger partial charge in [0, 0.05) is 6.42 Å². The first kappa shape index (κ1) is 28.4. The van der Waals surface area contributed by atoms with E-state index in [9.17, 15) is 4.79 Å². The van der Waals surface area contributed by atoms with Crippen molar-refractivity contribution in [2.24, 2.45) is 0 Å². The van der Waals surface area contributed by atoms with Crippen LogP contribution >= 0.6 is 0 Å². The summed E-state index contributed by atoms with van der Waals surface area (Å²) in [5.74, 6) is -0.510. The zero-order valence-electron chi connectivity index (χ0n) is 15.7. The number of hydrogen-bond donors (Lipinski definition) is 1. The monoisotopic (exact) mass is 334 g/mol. The van der Waals surface area contributed by atoms with Crippen molar-refractivity contribution in [3.8, 4) is 0 Å². The van der Waals surface area contributed by atoms with Crippen LogP contribution in [0.4, 0.5) is 0 Å². The topological polar surface area (TPSA) is 46.5 Å². The second-order valence-electron chi connectivity index (χ2n) is 6.16. The Labute approximate surface area is 166 Å². The Bertz CT molecular complexity index is 228. The van der Waals surface area contributed by atoms with Gasteiger partial charge in [-0.1, -0.05) is 96.8 Å². The quantitative estimate of drug-likeness (QED) is 0.204. The Kier molecular flexibility index (Phi) is 30.6. The first-order valence-corrected chi connectivity index (χ1v) is 9.15. The Balaban J connectivity index is -0.00000200. The van der Waals surface area contributed by atoms with Gasteiger partial charge in [-0.15, -0.1) is 0 Å². The molecule has 1 N–H and O–H groups in total. The predicted molar refractivity (Wildman–Crippen MR) is 94.0 cm³/mol. The fourth-order valence-corrected chi connectivity index (χ4v) is 2.69. The molecule has 0 aliphatic rings. The van der Waals surface area contributed by atoms with Crippen molar-refractivity contribution in [2.45, 2.75) is 110 Å². The third-order valence-corrected chi connectivity index (χ3v) is 4.09. The van der Waals surface area contributed by atoms with Crippen molar-refractivity contribution >= 4 is 23.3 Å². The maximum Gasteiger partial charge on any atom is 3.00 e. The van der Waals surface area contributed by atoms with Gasteiger partial charge in [0.05, 0.1) is 0 Å². The Morgan fingerprint density at radius 2 is 1.00 bits per heavy atom. The van der Waals surface area contributed by atoms with Crippen LogP contribution in [0.3, 0.4) is 0 Å². The summed E-state index contributed by atoms with van der Waals surface area (Å²) in [6.45, 7) is 2.27. The van der Waals surface area contributed by atoms with Crippen LogP contribution in [-0.4, -0.2) is 28.6 Å². The number of unbranched alkanes of at least 4 members (excludes halogenated alkanes) is 14. The van der Waals surface area contributed by atoms with Gasteiger partial charge in [-0.3, -0.25) is 0 Å². The summed E-state index contributed by atoms with van der Waals surface area (Å²) in [6.07, 6.45) is 20.0. The molecule has 0 heterocycles. The van der Waals surface area contributed by atoms with E-state index in [0.29, 0.717) is 6.42 Å². The van der Waals surface area contributed by atoms with Crippen LogP contribution in [0, 0.1) is 0 Å². The minimum atomic E-state index is -0.510. The van der Waals surface area contributed by atoms with E-state index < -0.39 is 5.97 Å². The smallest absolute Gasteiger partial charge is 0.301 e. The van der Waals surface area contributed by atoms with E-state index in [1.165, 1.54) is 83.5 Å². The number of hydrogen-bond acceptors (Lipinski definition) is 3. The molecule has 0 fully saturated rings. The molecular weight excluding hydrogens is 298 g/mol. The normalized spacial score (nSPS) is 9.83. The van der Waals surface area contributed by atoms with Gasteiger partial charge in [0.25, 0.3) is 0 Å². The molecule has 23 heavy (non-hydrogen) atoms. The second-order valence-corrected chi connectivity index (χ2v) is 6.16. The van der Waals surface area contributed by atoms with Gasteiger partial charge in [-0.2, -0.15) is 5.26 Å². The van der Waals surface area contributed by atoms with Gasteiger partial charge in [-0.05, 0) is 6.42 Å². The third kappa shape index (κ3) is 24.9. The summed E-state index contributed by atoms with van der Waals surface area (Å²) in [6, 6.07) is 0. The molecule has 0 bridgehead atoms. The first-order valence-electron chi connectivity index (χ1n) is 9.15. The molecule has 0 amide bonds. The standard InChI is InChI=1S/C18H36O3.Al.Li/c1-2-3-4-5-6-7-8-9-10-11-12-13-14-15-16-17-18(19)21-20;;/h20H,2-17H2,1H3;;/q;+3;+1. The summed E-state index contributed by atoms with van der Waals surface area (Å²) in [5, 5.41) is 8.10. The van der Waals surface area contributed by atoms with E-state index in [1.807, 2.05) is 0 Å². The van der Waals surface area contributed by atoms with Crippen molar-refractivity contribution in [1.82, 2.24) is 0 Å². The van der Waals surface area contributed by atoms with Gasteiger partial charge >= 0.3 is 42.2 Å². The van der Waals surface area contributed by atoms with Crippen molar-refractivity contribution < 1.29 is 33.8 Å². The summed E-state index contributed by atoms with van der Waals surface area (Å²) >= 11 is 0. The van der Waals surface area contributed by atoms with Crippen molar-refractivity contribution in [1.29, 1.82) is 0 Å². The first-order chi connectivity index (χ1) is 10.3. The molecule has 3 nitrogen and oxygen atoms in total. The molecule has 0 aliphatic heterocycles. The van der Waals surface area contributed by atoms with E-state index in [4.69, 9.17) is 5.26 Å². The molecule has 0 aromatic rings. The fraction of sp³-hybridized carbons (Fsp3) is 0.944. The predicted octanol–water partition coefficient (Wildman–Crippen LogP) is 2.89. The molecule has 0 aliphatic carbocycles. The van der Waals surface area contributed by atoms with Crippen molar-refractivity contribution in [2.75, 3.05) is 0 Å². The van der Waals surface area contributed by atoms with E-state index >= 15 is 0 Å². The summed E-state index contributed by atoms with van der Waals surface area (Å²) in [4.78, 5) is 14.3. The molecule has 0 atom stereocenters. The van der Waals surface area contributed by atoms with E-state index in [-0.39, 0.29) is 36.2 Å². The van der Waals surface area contributed by atoms with Gasteiger partial charge in [0.1, 0.15) is 0 Å². The van der Waals surface area contributed by atoms with Crippen LogP contribution in [0.1, 0.15) is 110 Å². The van der Waals surface area contributed by atoms with E-state index in [2.05, 4.69) is 11.8 Å². The summed E-state index contributed by atoms with van der Waals surface area (Å²) in [5.41, 5.74) is 0. The van der Waals surface area contributed by atoms with Gasteiger partial charge in [-0.25, -0.2) is 4.79 Å². The number of carbonyl (C=O) groups excluding carboxylic acids is 1. The molecule has 0 spiro atoms. The van der Waals surface area contributed by atoms with Gasteiger partial charge < -0.3 is 4.89 Å². The van der Waals surface area contributed by atoms with Crippen LogP contribution < -0.4 is 18.9 Å². The second kappa shape index (κ2) is 24.8. The summed E-state index contributed by atoms with van der Waals surface area (Å²) < 4.78 is 0. The van der Waals surface area contributed by atoms with Crippen LogP contribution in [0.5, 0.6) is 0 Å². The summed E-state index contributed by atoms with van der Waals surface area (Å²) in [7, 11) is 0. The maximum atomic E-state index is 10.7. The van der Waals surface area contributed by atoms with Crippen LogP contribution in [0.2, 0.25) is 0 Å². The molecular formula is C18H36AlLiO3+4. The SMILES string of the molecule is CCCCCCCCCCCCCCCCCC(=O)OO.[Al+3].[Li+]. The maximum absolute atomic E-state index is 10.7. The Morgan fingerprint density at radius 3 is 1.30 bits per heavy atom. The molecule has 5 heteroatoms. The Hall–Kier alpha value is 0.560. The van der Waals surface area contributed by atoms with Crippen LogP contribution in [0.25, 0.3) is 0 Å². The van der Waals surface area contributed by atoms with Crippen LogP contribution in [0.15, 0.2) is 0 Å². The third-order valence-electron chi connectivity index (χ3n) is 4.09. The average molecular weight is 334 g/mol. The molecule has 0 rings (SSSR count). The molecule has 0 aromatic heterocycles. The zero-order valence-corrected chi connectivity index (χ0v) is 16.8. The average Bonchev–Trinajstić information content (AvgIpc) is 2.50. The minimum Gasteiger partial charge on any atom is -0.301 e. The van der Waals surface area contributed by atoms with Crippen molar-refractivity contribution in [3.63, 3.8) is 0 Å². The van der Waals surface area contributed by atoms with Crippen LogP contribution in [-0.2, 0) is 9.68 Å². The molecule has 0 aromatic carbocycles. The molecule has 126 valence electrons. The number of rotatable bonds is 16. The fourth-order valence-electron chi connectivity index (χ4n) is 2.69.